The molecular formula is C15H27N2O2Si2. The van der Waals surface area contributed by atoms with Gasteiger partial charge in [-0.3, -0.25) is 0 Å². The molecule has 0 heterocycles. The summed E-state index contributed by atoms with van der Waals surface area (Å²) in [5.74, 6) is 0. The first-order valence-corrected chi connectivity index (χ1v) is 10.5. The van der Waals surface area contributed by atoms with Gasteiger partial charge in [0.2, 0.25) is 0 Å². The van der Waals surface area contributed by atoms with E-state index in [-0.39, 0.29) is 0 Å². The van der Waals surface area contributed by atoms with E-state index in [1.165, 1.54) is 5.19 Å². The number of nitrogens with zero attached hydrogens (tertiary/aromatic N) is 2. The van der Waals surface area contributed by atoms with E-state index < -0.39 is 17.7 Å². The molecule has 0 bridgehead atoms. The monoisotopic (exact) mass is 323 g/mol. The van der Waals surface area contributed by atoms with Gasteiger partial charge in [0.05, 0.1) is 0 Å². The van der Waals surface area contributed by atoms with Crippen molar-refractivity contribution in [2.45, 2.75) is 6.92 Å². The van der Waals surface area contributed by atoms with Gasteiger partial charge in [0.15, 0.2) is 0 Å². The van der Waals surface area contributed by atoms with Crippen LogP contribution in [-0.4, -0.2) is 68.7 Å². The molecule has 0 amide bonds. The largest absolute Gasteiger partial charge is 0.414 e. The second-order valence-electron chi connectivity index (χ2n) is 5.17. The van der Waals surface area contributed by atoms with E-state index in [1.807, 2.05) is 6.92 Å². The van der Waals surface area contributed by atoms with Crippen LogP contribution < -0.4 is 5.19 Å². The van der Waals surface area contributed by atoms with Crippen LogP contribution in [0.3, 0.4) is 0 Å². The maximum atomic E-state index is 5.66. The second kappa shape index (κ2) is 8.62. The lowest BCUT2D eigenvalue weighted by Gasteiger charge is -2.40. The molecule has 0 aromatic heterocycles. The molecule has 1 aromatic rings. The lowest BCUT2D eigenvalue weighted by molar-refractivity contribution is 0.252. The third-order valence-corrected chi connectivity index (χ3v) is 9.79. The minimum Gasteiger partial charge on any atom is -0.394 e. The van der Waals surface area contributed by atoms with Gasteiger partial charge in [-0.15, -0.1) is 0 Å². The molecule has 0 saturated heterocycles. The van der Waals surface area contributed by atoms with Crippen LogP contribution in [0, 0.1) is 0 Å². The minimum absolute atomic E-state index is 0.677. The minimum atomic E-state index is -2.08. The van der Waals surface area contributed by atoms with E-state index in [9.17, 15) is 0 Å². The maximum absolute atomic E-state index is 5.66. The maximum Gasteiger partial charge on any atom is 0.414 e. The van der Waals surface area contributed by atoms with Crippen molar-refractivity contribution in [3.8, 4) is 0 Å². The quantitative estimate of drug-likeness (QED) is 0.673. The number of benzene rings is 1. The first kappa shape index (κ1) is 18.3. The number of hydrogen-bond acceptors (Lipinski definition) is 4. The molecule has 0 aliphatic carbocycles. The van der Waals surface area contributed by atoms with Crippen LogP contribution in [0.4, 0.5) is 0 Å². The summed E-state index contributed by atoms with van der Waals surface area (Å²) in [6, 6.07) is 10.7. The van der Waals surface area contributed by atoms with Crippen molar-refractivity contribution in [2.75, 3.05) is 41.9 Å². The van der Waals surface area contributed by atoms with E-state index in [4.69, 9.17) is 8.85 Å². The van der Waals surface area contributed by atoms with Crippen LogP contribution in [0.2, 0.25) is 0 Å². The van der Waals surface area contributed by atoms with Crippen molar-refractivity contribution in [2.24, 2.45) is 0 Å². The Morgan fingerprint density at radius 2 is 1.67 bits per heavy atom. The van der Waals surface area contributed by atoms with Crippen molar-refractivity contribution in [3.05, 3.63) is 41.7 Å². The smallest absolute Gasteiger partial charge is 0.394 e. The highest BCUT2D eigenvalue weighted by molar-refractivity contribution is 6.91. The summed E-state index contributed by atoms with van der Waals surface area (Å²) >= 11 is 0. The van der Waals surface area contributed by atoms with Crippen LogP contribution in [0.5, 0.6) is 0 Å². The summed E-state index contributed by atoms with van der Waals surface area (Å²) in [5.41, 5.74) is 4.45. The molecule has 117 valence electrons. The summed E-state index contributed by atoms with van der Waals surface area (Å²) in [5, 5.41) is 1.35. The molecule has 4 nitrogen and oxygen atoms in total. The van der Waals surface area contributed by atoms with Crippen LogP contribution in [-0.2, 0) is 8.85 Å². The molecular weight excluding hydrogens is 296 g/mol. The highest BCUT2D eigenvalue weighted by atomic mass is 28.4. The summed E-state index contributed by atoms with van der Waals surface area (Å²) in [7, 11) is 6.86. The van der Waals surface area contributed by atoms with Gasteiger partial charge in [-0.25, -0.2) is 0 Å². The van der Waals surface area contributed by atoms with Crippen LogP contribution in [0.1, 0.15) is 6.92 Å². The number of rotatable bonds is 8. The van der Waals surface area contributed by atoms with Crippen LogP contribution >= 0.6 is 0 Å². The summed E-state index contributed by atoms with van der Waals surface area (Å²) in [6.07, 6.45) is 0. The first-order chi connectivity index (χ1) is 9.98. The highest BCUT2D eigenvalue weighted by Crippen LogP contribution is 2.13. The molecule has 0 fully saturated rings. The molecule has 0 N–H and O–H groups in total. The lowest BCUT2D eigenvalue weighted by Crippen LogP contribution is -2.68. The SMILES string of the molecule is CCO[Si](/C=C/[Si](c1ccccc1)(N(C)C)N(C)C)OC. The van der Waals surface area contributed by atoms with E-state index in [0.717, 1.165) is 0 Å². The average molecular weight is 324 g/mol. The van der Waals surface area contributed by atoms with Crippen molar-refractivity contribution >= 4 is 22.9 Å². The van der Waals surface area contributed by atoms with Gasteiger partial charge in [0.1, 0.15) is 0 Å². The van der Waals surface area contributed by atoms with Crippen LogP contribution in [0.25, 0.3) is 0 Å². The summed E-state index contributed by atoms with van der Waals surface area (Å²) < 4.78 is 15.8. The topological polar surface area (TPSA) is 24.9 Å². The molecule has 0 spiro atoms. The molecule has 6 heteroatoms. The number of hydrogen-bond donors (Lipinski definition) is 0. The van der Waals surface area contributed by atoms with Crippen molar-refractivity contribution in [1.29, 1.82) is 0 Å². The fourth-order valence-corrected chi connectivity index (χ4v) is 7.91. The van der Waals surface area contributed by atoms with Crippen LogP contribution in [0.15, 0.2) is 41.7 Å². The van der Waals surface area contributed by atoms with Gasteiger partial charge in [0, 0.05) is 13.7 Å². The van der Waals surface area contributed by atoms with Gasteiger partial charge in [-0.2, -0.15) is 0 Å². The second-order valence-corrected chi connectivity index (χ2v) is 11.0. The van der Waals surface area contributed by atoms with Crippen molar-refractivity contribution < 1.29 is 8.85 Å². The van der Waals surface area contributed by atoms with Gasteiger partial charge < -0.3 is 18.0 Å². The van der Waals surface area contributed by atoms with E-state index in [2.05, 4.69) is 79.1 Å². The average Bonchev–Trinajstić information content (AvgIpc) is 2.47. The Labute approximate surface area is 132 Å². The molecule has 1 aromatic carbocycles. The Hall–Kier alpha value is -0.766. The first-order valence-electron chi connectivity index (χ1n) is 7.12. The molecule has 1 rings (SSSR count). The van der Waals surface area contributed by atoms with Crippen molar-refractivity contribution in [3.63, 3.8) is 0 Å². The normalized spacial score (nSPS) is 13.0. The molecule has 0 atom stereocenters. The Morgan fingerprint density at radius 1 is 1.10 bits per heavy atom. The third-order valence-electron chi connectivity index (χ3n) is 3.50. The van der Waals surface area contributed by atoms with Gasteiger partial charge in [-0.05, 0) is 46.0 Å². The highest BCUT2D eigenvalue weighted by Gasteiger charge is 2.39. The Balaban J connectivity index is 3.22. The van der Waals surface area contributed by atoms with E-state index in [0.29, 0.717) is 6.61 Å². The fourth-order valence-electron chi connectivity index (χ4n) is 2.50. The third kappa shape index (κ3) is 4.35. The fraction of sp³-hybridized carbons (Fsp3) is 0.467. The summed E-state index contributed by atoms with van der Waals surface area (Å²) in [6.45, 7) is 2.67. The molecule has 0 saturated carbocycles. The predicted octanol–water partition coefficient (Wildman–Crippen LogP) is 1.26. The standard InChI is InChI=1S/C15H27N2O2Si2/c1-7-19-20(18-6)13-14-21(16(2)3,17(4)5)15-11-9-8-10-12-15/h8-14H,7H2,1-6H3/b14-13+. The Kier molecular flexibility index (Phi) is 7.51. The van der Waals surface area contributed by atoms with E-state index in [1.54, 1.807) is 7.11 Å². The molecule has 0 unspecified atom stereocenters. The predicted molar refractivity (Wildman–Crippen MR) is 92.7 cm³/mol. The van der Waals surface area contributed by atoms with Gasteiger partial charge in [0.25, 0.3) is 8.40 Å². The zero-order valence-corrected chi connectivity index (χ0v) is 16.0. The van der Waals surface area contributed by atoms with E-state index >= 15 is 0 Å². The zero-order valence-electron chi connectivity index (χ0n) is 14.0. The Morgan fingerprint density at radius 3 is 2.10 bits per heavy atom. The van der Waals surface area contributed by atoms with Gasteiger partial charge >= 0.3 is 9.28 Å². The van der Waals surface area contributed by atoms with Gasteiger partial charge in [-0.1, -0.05) is 36.0 Å². The zero-order chi connectivity index (χ0) is 15.9. The summed E-state index contributed by atoms with van der Waals surface area (Å²) in [4.78, 5) is 0. The molecule has 1 radical (unpaired) electrons. The molecule has 0 aliphatic heterocycles. The molecule has 21 heavy (non-hydrogen) atoms. The van der Waals surface area contributed by atoms with Crippen molar-refractivity contribution in [1.82, 2.24) is 9.13 Å². The lowest BCUT2D eigenvalue weighted by atomic mass is 10.4. The Bertz CT molecular complexity index is 431. The molecule has 0 aliphatic rings.